The second-order valence-corrected chi connectivity index (χ2v) is 8.26. The SMILES string of the molecule is C=C(C)COc1ccc(C2(C)NC(=O)N(CC(=O)Nc3nnc(COC)s3)C2=O)cc1. The highest BCUT2D eigenvalue weighted by Gasteiger charge is 2.49. The van der Waals surface area contributed by atoms with Gasteiger partial charge in [0.2, 0.25) is 11.0 Å². The highest BCUT2D eigenvalue weighted by Crippen LogP contribution is 2.30. The van der Waals surface area contributed by atoms with Crippen LogP contribution < -0.4 is 15.4 Å². The van der Waals surface area contributed by atoms with Crippen molar-refractivity contribution in [2.24, 2.45) is 0 Å². The van der Waals surface area contributed by atoms with Crippen molar-refractivity contribution in [3.05, 3.63) is 47.0 Å². The van der Waals surface area contributed by atoms with Crippen molar-refractivity contribution in [1.29, 1.82) is 0 Å². The molecule has 1 aliphatic rings. The summed E-state index contributed by atoms with van der Waals surface area (Å²) in [5, 5.41) is 13.8. The monoisotopic (exact) mass is 445 g/mol. The smallest absolute Gasteiger partial charge is 0.325 e. The first-order valence-corrected chi connectivity index (χ1v) is 10.2. The van der Waals surface area contributed by atoms with Gasteiger partial charge in [-0.1, -0.05) is 30.0 Å². The zero-order chi connectivity index (χ0) is 22.6. The van der Waals surface area contributed by atoms with Crippen LogP contribution in [-0.2, 0) is 26.5 Å². The molecule has 1 atom stereocenters. The van der Waals surface area contributed by atoms with Crippen molar-refractivity contribution in [3.63, 3.8) is 0 Å². The lowest BCUT2D eigenvalue weighted by molar-refractivity contribution is -0.133. The van der Waals surface area contributed by atoms with Gasteiger partial charge in [-0.15, -0.1) is 10.2 Å². The van der Waals surface area contributed by atoms with E-state index in [9.17, 15) is 14.4 Å². The largest absolute Gasteiger partial charge is 0.489 e. The molecule has 3 rings (SSSR count). The van der Waals surface area contributed by atoms with Crippen molar-refractivity contribution in [2.75, 3.05) is 25.6 Å². The number of benzene rings is 1. The first-order valence-electron chi connectivity index (χ1n) is 9.36. The molecule has 11 heteroatoms. The van der Waals surface area contributed by atoms with Gasteiger partial charge in [-0.05, 0) is 37.1 Å². The van der Waals surface area contributed by atoms with E-state index in [2.05, 4.69) is 27.4 Å². The van der Waals surface area contributed by atoms with E-state index in [1.807, 2.05) is 6.92 Å². The van der Waals surface area contributed by atoms with Crippen molar-refractivity contribution in [3.8, 4) is 5.75 Å². The maximum atomic E-state index is 13.0. The second kappa shape index (κ2) is 9.23. The Balaban J connectivity index is 1.66. The zero-order valence-electron chi connectivity index (χ0n) is 17.4. The molecule has 2 aromatic rings. The van der Waals surface area contributed by atoms with Crippen LogP contribution in [0.15, 0.2) is 36.4 Å². The van der Waals surface area contributed by atoms with Gasteiger partial charge in [-0.2, -0.15) is 0 Å². The number of carbonyl (C=O) groups excluding carboxylic acids is 3. The third-order valence-electron chi connectivity index (χ3n) is 4.47. The van der Waals surface area contributed by atoms with Crippen LogP contribution in [-0.4, -0.2) is 53.2 Å². The molecule has 2 N–H and O–H groups in total. The number of anilines is 1. The third kappa shape index (κ3) is 5.06. The fourth-order valence-corrected chi connectivity index (χ4v) is 3.64. The summed E-state index contributed by atoms with van der Waals surface area (Å²) in [6.07, 6.45) is 0. The number of ether oxygens (including phenoxy) is 2. The molecule has 0 spiro atoms. The van der Waals surface area contributed by atoms with Crippen LogP contribution in [0.4, 0.5) is 9.93 Å². The molecule has 164 valence electrons. The van der Waals surface area contributed by atoms with Crippen molar-refractivity contribution in [1.82, 2.24) is 20.4 Å². The molecule has 0 saturated carbocycles. The number of imide groups is 1. The minimum Gasteiger partial charge on any atom is -0.489 e. The van der Waals surface area contributed by atoms with Gasteiger partial charge in [0.1, 0.15) is 36.1 Å². The molecule has 1 aromatic carbocycles. The van der Waals surface area contributed by atoms with Crippen LogP contribution >= 0.6 is 11.3 Å². The number of nitrogens with one attached hydrogen (secondary N) is 2. The van der Waals surface area contributed by atoms with E-state index in [4.69, 9.17) is 9.47 Å². The highest BCUT2D eigenvalue weighted by molar-refractivity contribution is 7.15. The Morgan fingerprint density at radius 1 is 1.29 bits per heavy atom. The standard InChI is InChI=1S/C20H23N5O5S/c1-12(2)10-30-14-7-5-13(6-8-14)20(3)17(27)25(19(28)22-20)9-15(26)21-18-24-23-16(31-18)11-29-4/h5-8H,1,9-11H2,2-4H3,(H,22,28)(H,21,24,26). The maximum Gasteiger partial charge on any atom is 0.325 e. The summed E-state index contributed by atoms with van der Waals surface area (Å²) in [6.45, 7) is 7.45. The van der Waals surface area contributed by atoms with Crippen molar-refractivity contribution in [2.45, 2.75) is 26.0 Å². The van der Waals surface area contributed by atoms with E-state index in [0.717, 1.165) is 21.8 Å². The summed E-state index contributed by atoms with van der Waals surface area (Å²) in [4.78, 5) is 38.6. The summed E-state index contributed by atoms with van der Waals surface area (Å²) in [6, 6.07) is 6.18. The summed E-state index contributed by atoms with van der Waals surface area (Å²) in [5.41, 5.74) is 0.162. The van der Waals surface area contributed by atoms with Crippen LogP contribution in [0.5, 0.6) is 5.75 Å². The molecule has 31 heavy (non-hydrogen) atoms. The number of hydrogen-bond donors (Lipinski definition) is 2. The molecular formula is C20H23N5O5S. The van der Waals surface area contributed by atoms with Crippen LogP contribution in [0.25, 0.3) is 0 Å². The first-order chi connectivity index (χ1) is 14.7. The molecule has 1 fully saturated rings. The van der Waals surface area contributed by atoms with Crippen LogP contribution in [0.2, 0.25) is 0 Å². The number of hydrogen-bond acceptors (Lipinski definition) is 8. The lowest BCUT2D eigenvalue weighted by Gasteiger charge is -2.22. The zero-order valence-corrected chi connectivity index (χ0v) is 18.2. The summed E-state index contributed by atoms with van der Waals surface area (Å²) < 4.78 is 10.5. The van der Waals surface area contributed by atoms with Gasteiger partial charge < -0.3 is 14.8 Å². The van der Waals surface area contributed by atoms with Crippen molar-refractivity contribution < 1.29 is 23.9 Å². The Bertz CT molecular complexity index is 1010. The number of rotatable bonds is 9. The summed E-state index contributed by atoms with van der Waals surface area (Å²) in [7, 11) is 1.52. The van der Waals surface area contributed by atoms with E-state index in [0.29, 0.717) is 22.9 Å². The Kier molecular flexibility index (Phi) is 6.66. The second-order valence-electron chi connectivity index (χ2n) is 7.20. The molecule has 0 aliphatic carbocycles. The molecule has 0 radical (unpaired) electrons. The predicted molar refractivity (Wildman–Crippen MR) is 114 cm³/mol. The summed E-state index contributed by atoms with van der Waals surface area (Å²) >= 11 is 1.15. The fourth-order valence-electron chi connectivity index (χ4n) is 2.92. The van der Waals surface area contributed by atoms with E-state index in [1.54, 1.807) is 31.2 Å². The molecule has 1 unspecified atom stereocenters. The number of amides is 4. The lowest BCUT2D eigenvalue weighted by atomic mass is 9.92. The van der Waals surface area contributed by atoms with Gasteiger partial charge in [0.05, 0.1) is 0 Å². The quantitative estimate of drug-likeness (QED) is 0.447. The van der Waals surface area contributed by atoms with Gasteiger partial charge in [0, 0.05) is 7.11 Å². The predicted octanol–water partition coefficient (Wildman–Crippen LogP) is 2.05. The van der Waals surface area contributed by atoms with E-state index < -0.39 is 29.9 Å². The Morgan fingerprint density at radius 2 is 2.00 bits per heavy atom. The Morgan fingerprint density at radius 3 is 2.65 bits per heavy atom. The first kappa shape index (κ1) is 22.4. The highest BCUT2D eigenvalue weighted by atomic mass is 32.1. The van der Waals surface area contributed by atoms with Crippen molar-refractivity contribution >= 4 is 34.3 Å². The van der Waals surface area contributed by atoms with E-state index in [1.165, 1.54) is 7.11 Å². The molecule has 2 heterocycles. The number of urea groups is 1. The Labute approximate surface area is 183 Å². The van der Waals surface area contributed by atoms with Crippen LogP contribution in [0, 0.1) is 0 Å². The molecule has 1 aliphatic heterocycles. The molecule has 1 saturated heterocycles. The van der Waals surface area contributed by atoms with Gasteiger partial charge in [0.25, 0.3) is 5.91 Å². The lowest BCUT2D eigenvalue weighted by Crippen LogP contribution is -2.42. The molecule has 1 aromatic heterocycles. The molecular weight excluding hydrogens is 422 g/mol. The average molecular weight is 446 g/mol. The molecule has 10 nitrogen and oxygen atoms in total. The normalized spacial score (nSPS) is 18.1. The summed E-state index contributed by atoms with van der Waals surface area (Å²) in [5.74, 6) is -0.467. The number of methoxy groups -OCH3 is 1. The number of carbonyl (C=O) groups is 3. The van der Waals surface area contributed by atoms with E-state index >= 15 is 0 Å². The molecule has 4 amide bonds. The van der Waals surface area contributed by atoms with Gasteiger partial charge >= 0.3 is 6.03 Å². The van der Waals surface area contributed by atoms with Gasteiger partial charge in [-0.3, -0.25) is 19.8 Å². The minimum absolute atomic E-state index is 0.261. The third-order valence-corrected chi connectivity index (χ3v) is 5.29. The average Bonchev–Trinajstić information content (AvgIpc) is 3.25. The number of aromatic nitrogens is 2. The number of nitrogens with zero attached hydrogens (tertiary/aromatic N) is 3. The van der Waals surface area contributed by atoms with Gasteiger partial charge in [-0.25, -0.2) is 4.79 Å². The van der Waals surface area contributed by atoms with Crippen LogP contribution in [0.3, 0.4) is 0 Å². The molecule has 0 bridgehead atoms. The van der Waals surface area contributed by atoms with E-state index in [-0.39, 0.29) is 11.7 Å². The van der Waals surface area contributed by atoms with Gasteiger partial charge in [0.15, 0.2) is 0 Å². The minimum atomic E-state index is -1.29. The Hall–Kier alpha value is -3.31. The fraction of sp³-hybridized carbons (Fsp3) is 0.350. The topological polar surface area (TPSA) is 123 Å². The maximum absolute atomic E-state index is 13.0. The van der Waals surface area contributed by atoms with Crippen LogP contribution in [0.1, 0.15) is 24.4 Å².